The van der Waals surface area contributed by atoms with Gasteiger partial charge in [-0.05, 0) is 43.2 Å². The second kappa shape index (κ2) is 8.33. The van der Waals surface area contributed by atoms with E-state index in [0.29, 0.717) is 6.42 Å². The Morgan fingerprint density at radius 2 is 1.64 bits per heavy atom. The zero-order valence-electron chi connectivity index (χ0n) is 14.2. The lowest BCUT2D eigenvalue weighted by Gasteiger charge is -2.14. The van der Waals surface area contributed by atoms with E-state index < -0.39 is 10.1 Å². The summed E-state index contributed by atoms with van der Waals surface area (Å²) in [6.07, 6.45) is 0.439. The number of ether oxygens (including phenoxy) is 1. The van der Waals surface area contributed by atoms with Crippen molar-refractivity contribution in [2.75, 3.05) is 20.3 Å². The lowest BCUT2D eigenvalue weighted by Crippen LogP contribution is -2.14. The van der Waals surface area contributed by atoms with Crippen molar-refractivity contribution in [3.8, 4) is 11.5 Å². The van der Waals surface area contributed by atoms with Gasteiger partial charge < -0.3 is 19.1 Å². The fraction of sp³-hybridized carbons (Fsp3) is 0.333. The minimum absolute atomic E-state index is 0.0601. The number of hydrogen-bond acceptors (Lipinski definition) is 6. The summed E-state index contributed by atoms with van der Waals surface area (Å²) in [6.45, 7) is 1.59. The van der Waals surface area contributed by atoms with E-state index in [1.807, 2.05) is 6.92 Å². The van der Waals surface area contributed by atoms with E-state index in [-0.39, 0.29) is 35.5 Å². The molecule has 0 fully saturated rings. The summed E-state index contributed by atoms with van der Waals surface area (Å²) in [5, 5.41) is 18.3. The molecule has 0 amide bonds. The Kier molecular flexibility index (Phi) is 6.41. The molecule has 0 saturated heterocycles. The third kappa shape index (κ3) is 4.94. The van der Waals surface area contributed by atoms with Crippen molar-refractivity contribution in [1.29, 1.82) is 0 Å². The molecule has 0 aliphatic carbocycles. The quantitative estimate of drug-likeness (QED) is 0.694. The van der Waals surface area contributed by atoms with Crippen molar-refractivity contribution >= 4 is 10.1 Å². The summed E-state index contributed by atoms with van der Waals surface area (Å²) >= 11 is 0. The third-order valence-electron chi connectivity index (χ3n) is 3.78. The van der Waals surface area contributed by atoms with E-state index in [4.69, 9.17) is 8.92 Å². The molecule has 0 unspecified atom stereocenters. The van der Waals surface area contributed by atoms with E-state index in [0.717, 1.165) is 11.1 Å². The van der Waals surface area contributed by atoms with Gasteiger partial charge in [0.15, 0.2) is 11.5 Å². The summed E-state index contributed by atoms with van der Waals surface area (Å²) in [7, 11) is -2.55. The zero-order chi connectivity index (χ0) is 18.4. The van der Waals surface area contributed by atoms with Gasteiger partial charge in [-0.2, -0.15) is 8.42 Å². The van der Waals surface area contributed by atoms with Crippen molar-refractivity contribution in [1.82, 2.24) is 0 Å². The molecule has 136 valence electrons. The Hall–Kier alpha value is -2.09. The predicted octanol–water partition coefficient (Wildman–Crippen LogP) is 1.91. The number of benzene rings is 2. The average molecular weight is 366 g/mol. The summed E-state index contributed by atoms with van der Waals surface area (Å²) in [6, 6.07) is 11.2. The Morgan fingerprint density at radius 1 is 1.00 bits per heavy atom. The lowest BCUT2D eigenvalue weighted by molar-refractivity contribution is 0.150. The number of aliphatic hydroxyl groups is 2. The van der Waals surface area contributed by atoms with Crippen molar-refractivity contribution in [3.63, 3.8) is 0 Å². The highest BCUT2D eigenvalue weighted by molar-refractivity contribution is 7.87. The topological polar surface area (TPSA) is 93.1 Å². The molecule has 2 aromatic rings. The van der Waals surface area contributed by atoms with Gasteiger partial charge in [-0.3, -0.25) is 0 Å². The Labute approximate surface area is 147 Å². The lowest BCUT2D eigenvalue weighted by atomic mass is 10.0. The van der Waals surface area contributed by atoms with Crippen molar-refractivity contribution in [2.45, 2.75) is 18.2 Å². The highest BCUT2D eigenvalue weighted by atomic mass is 32.2. The molecule has 0 atom stereocenters. The van der Waals surface area contributed by atoms with Crippen LogP contribution in [0, 0.1) is 12.8 Å². The van der Waals surface area contributed by atoms with Crippen molar-refractivity contribution < 1.29 is 27.6 Å². The number of hydrogen-bond donors (Lipinski definition) is 2. The summed E-state index contributed by atoms with van der Waals surface area (Å²) < 4.78 is 35.2. The van der Waals surface area contributed by atoms with Crippen molar-refractivity contribution in [2.24, 2.45) is 5.92 Å². The SMILES string of the molecule is COc1cc(CC(CO)CO)ccc1OS(=O)(=O)c1ccc(C)cc1. The maximum atomic E-state index is 12.4. The van der Waals surface area contributed by atoms with Crippen molar-refractivity contribution in [3.05, 3.63) is 53.6 Å². The highest BCUT2D eigenvalue weighted by Gasteiger charge is 2.19. The first-order valence-electron chi connectivity index (χ1n) is 7.79. The normalized spacial score (nSPS) is 11.6. The molecule has 2 rings (SSSR count). The summed E-state index contributed by atoms with van der Waals surface area (Å²) in [5.74, 6) is 0.0620. The average Bonchev–Trinajstić information content (AvgIpc) is 2.60. The maximum absolute atomic E-state index is 12.4. The van der Waals surface area contributed by atoms with E-state index in [9.17, 15) is 18.6 Å². The molecule has 0 aromatic heterocycles. The fourth-order valence-electron chi connectivity index (χ4n) is 2.30. The molecular formula is C18H22O6S. The van der Waals surface area contributed by atoms with E-state index in [1.165, 1.54) is 25.3 Å². The molecule has 7 heteroatoms. The second-order valence-corrected chi connectivity index (χ2v) is 7.32. The van der Waals surface area contributed by atoms with Gasteiger partial charge in [0.1, 0.15) is 4.90 Å². The molecule has 0 radical (unpaired) electrons. The third-order valence-corrected chi connectivity index (χ3v) is 5.03. The fourth-order valence-corrected chi connectivity index (χ4v) is 3.24. The minimum atomic E-state index is -3.97. The first-order valence-corrected chi connectivity index (χ1v) is 9.20. The number of aliphatic hydroxyl groups excluding tert-OH is 2. The predicted molar refractivity (Wildman–Crippen MR) is 93.4 cm³/mol. The van der Waals surface area contributed by atoms with Gasteiger partial charge in [0, 0.05) is 19.1 Å². The molecule has 0 spiro atoms. The molecule has 0 heterocycles. The van der Waals surface area contributed by atoms with Crippen LogP contribution in [0.2, 0.25) is 0 Å². The number of rotatable bonds is 8. The van der Waals surface area contributed by atoms with E-state index >= 15 is 0 Å². The van der Waals surface area contributed by atoms with Crippen LogP contribution in [0.3, 0.4) is 0 Å². The van der Waals surface area contributed by atoms with E-state index in [2.05, 4.69) is 0 Å². The van der Waals surface area contributed by atoms with Gasteiger partial charge in [-0.15, -0.1) is 0 Å². The molecule has 6 nitrogen and oxygen atoms in total. The van der Waals surface area contributed by atoms with Crippen LogP contribution >= 0.6 is 0 Å². The summed E-state index contributed by atoms with van der Waals surface area (Å²) in [5.41, 5.74) is 1.74. The minimum Gasteiger partial charge on any atom is -0.493 e. The molecule has 0 bridgehead atoms. The van der Waals surface area contributed by atoms with Crippen LogP contribution in [-0.2, 0) is 16.5 Å². The van der Waals surface area contributed by atoms with Gasteiger partial charge in [0.05, 0.1) is 7.11 Å². The van der Waals surface area contributed by atoms with Gasteiger partial charge in [0.25, 0.3) is 0 Å². The van der Waals surface area contributed by atoms with Crippen LogP contribution in [0.4, 0.5) is 0 Å². The Morgan fingerprint density at radius 3 is 2.20 bits per heavy atom. The van der Waals surface area contributed by atoms with Crippen LogP contribution < -0.4 is 8.92 Å². The maximum Gasteiger partial charge on any atom is 0.339 e. The first kappa shape index (κ1) is 19.2. The molecular weight excluding hydrogens is 344 g/mol. The van der Waals surface area contributed by atoms with Gasteiger partial charge >= 0.3 is 10.1 Å². The van der Waals surface area contributed by atoms with Crippen LogP contribution in [0.15, 0.2) is 47.4 Å². The molecule has 2 aromatic carbocycles. The van der Waals surface area contributed by atoms with Gasteiger partial charge in [-0.25, -0.2) is 0 Å². The van der Waals surface area contributed by atoms with Crippen LogP contribution in [-0.4, -0.2) is 39.0 Å². The van der Waals surface area contributed by atoms with Crippen LogP contribution in [0.5, 0.6) is 11.5 Å². The number of methoxy groups -OCH3 is 1. The zero-order valence-corrected chi connectivity index (χ0v) is 15.0. The smallest absolute Gasteiger partial charge is 0.339 e. The van der Waals surface area contributed by atoms with Crippen LogP contribution in [0.25, 0.3) is 0 Å². The molecule has 0 aliphatic heterocycles. The molecule has 2 N–H and O–H groups in total. The second-order valence-electron chi connectivity index (χ2n) is 5.77. The Balaban J connectivity index is 2.25. The first-order chi connectivity index (χ1) is 11.9. The molecule has 0 aliphatic rings. The standard InChI is InChI=1S/C18H22O6S/c1-13-3-6-16(7-4-13)25(21,22)24-17-8-5-14(10-18(17)23-2)9-15(11-19)12-20/h3-8,10,15,19-20H,9,11-12H2,1-2H3. The van der Waals surface area contributed by atoms with Gasteiger partial charge in [-0.1, -0.05) is 23.8 Å². The highest BCUT2D eigenvalue weighted by Crippen LogP contribution is 2.31. The molecule has 0 saturated carbocycles. The summed E-state index contributed by atoms with van der Waals surface area (Å²) in [4.78, 5) is 0.0601. The molecule has 25 heavy (non-hydrogen) atoms. The monoisotopic (exact) mass is 366 g/mol. The van der Waals surface area contributed by atoms with Crippen LogP contribution in [0.1, 0.15) is 11.1 Å². The Bertz CT molecular complexity index is 795. The van der Waals surface area contributed by atoms with Gasteiger partial charge in [0.2, 0.25) is 0 Å². The number of aryl methyl sites for hydroxylation is 1. The largest absolute Gasteiger partial charge is 0.493 e. The van der Waals surface area contributed by atoms with E-state index in [1.54, 1.807) is 24.3 Å².